The highest BCUT2D eigenvalue weighted by Crippen LogP contribution is 2.11. The molecule has 2 rings (SSSR count). The Bertz CT molecular complexity index is 478. The molecular formula is C18H30ClN3O2. The SMILES string of the molecule is CCC(C)C(N)C(=O)N1CCN(CCOc2ccccc2)CC1.Cl. The lowest BCUT2D eigenvalue weighted by atomic mass is 9.98. The van der Waals surface area contributed by atoms with Gasteiger partial charge in [0, 0.05) is 32.7 Å². The molecule has 2 N–H and O–H groups in total. The van der Waals surface area contributed by atoms with Crippen LogP contribution < -0.4 is 10.5 Å². The molecule has 0 aromatic heterocycles. The Hall–Kier alpha value is -1.30. The largest absolute Gasteiger partial charge is 0.492 e. The zero-order valence-electron chi connectivity index (χ0n) is 14.7. The number of halogens is 1. The lowest BCUT2D eigenvalue weighted by Gasteiger charge is -2.36. The van der Waals surface area contributed by atoms with E-state index in [4.69, 9.17) is 10.5 Å². The van der Waals surface area contributed by atoms with E-state index in [1.165, 1.54) is 0 Å². The van der Waals surface area contributed by atoms with Crippen molar-refractivity contribution in [3.05, 3.63) is 30.3 Å². The molecule has 1 aromatic rings. The van der Waals surface area contributed by atoms with Crippen LogP contribution in [-0.4, -0.2) is 61.1 Å². The predicted molar refractivity (Wildman–Crippen MR) is 99.6 cm³/mol. The van der Waals surface area contributed by atoms with Crippen molar-refractivity contribution in [2.45, 2.75) is 26.3 Å². The van der Waals surface area contributed by atoms with Gasteiger partial charge in [0.15, 0.2) is 0 Å². The summed E-state index contributed by atoms with van der Waals surface area (Å²) in [4.78, 5) is 16.6. The quantitative estimate of drug-likeness (QED) is 0.812. The van der Waals surface area contributed by atoms with Crippen LogP contribution in [0.15, 0.2) is 30.3 Å². The summed E-state index contributed by atoms with van der Waals surface area (Å²) in [6.45, 7) is 8.96. The molecule has 5 nitrogen and oxygen atoms in total. The van der Waals surface area contributed by atoms with E-state index in [0.717, 1.165) is 44.9 Å². The van der Waals surface area contributed by atoms with E-state index in [-0.39, 0.29) is 30.3 Å². The van der Waals surface area contributed by atoms with E-state index < -0.39 is 0 Å². The zero-order valence-corrected chi connectivity index (χ0v) is 15.5. The Balaban J connectivity index is 0.00000288. The molecule has 2 unspecified atom stereocenters. The molecule has 6 heteroatoms. The summed E-state index contributed by atoms with van der Waals surface area (Å²) >= 11 is 0. The summed E-state index contributed by atoms with van der Waals surface area (Å²) in [5.74, 6) is 1.24. The summed E-state index contributed by atoms with van der Waals surface area (Å²) in [5.41, 5.74) is 6.06. The van der Waals surface area contributed by atoms with Crippen LogP contribution in [0.5, 0.6) is 5.75 Å². The number of carbonyl (C=O) groups excluding carboxylic acids is 1. The van der Waals surface area contributed by atoms with Crippen molar-refractivity contribution < 1.29 is 9.53 Å². The first-order chi connectivity index (χ1) is 11.1. The Kier molecular flexibility index (Phi) is 9.11. The van der Waals surface area contributed by atoms with Crippen LogP contribution in [0.2, 0.25) is 0 Å². The van der Waals surface area contributed by atoms with Gasteiger partial charge < -0.3 is 15.4 Å². The van der Waals surface area contributed by atoms with Gasteiger partial charge in [-0.15, -0.1) is 12.4 Å². The number of benzene rings is 1. The van der Waals surface area contributed by atoms with Crippen molar-refractivity contribution in [2.24, 2.45) is 11.7 Å². The Morgan fingerprint density at radius 2 is 1.83 bits per heavy atom. The summed E-state index contributed by atoms with van der Waals surface area (Å²) in [5, 5.41) is 0. The predicted octanol–water partition coefficient (Wildman–Crippen LogP) is 2.00. The van der Waals surface area contributed by atoms with E-state index in [1.807, 2.05) is 42.2 Å². The standard InChI is InChI=1S/C18H29N3O2.ClH/c1-3-15(2)17(19)18(22)21-11-9-20(10-12-21)13-14-23-16-7-5-4-6-8-16;/h4-8,15,17H,3,9-14,19H2,1-2H3;1H. The lowest BCUT2D eigenvalue weighted by Crippen LogP contribution is -2.54. The Morgan fingerprint density at radius 1 is 1.21 bits per heavy atom. The van der Waals surface area contributed by atoms with Crippen LogP contribution in [0.1, 0.15) is 20.3 Å². The summed E-state index contributed by atoms with van der Waals surface area (Å²) in [6, 6.07) is 9.49. The first kappa shape index (κ1) is 20.7. The van der Waals surface area contributed by atoms with Crippen LogP contribution >= 0.6 is 12.4 Å². The Labute approximate surface area is 151 Å². The summed E-state index contributed by atoms with van der Waals surface area (Å²) in [6.07, 6.45) is 0.934. The van der Waals surface area contributed by atoms with Gasteiger partial charge in [-0.3, -0.25) is 9.69 Å². The van der Waals surface area contributed by atoms with Crippen molar-refractivity contribution in [3.8, 4) is 5.75 Å². The molecule has 24 heavy (non-hydrogen) atoms. The second kappa shape index (κ2) is 10.5. The van der Waals surface area contributed by atoms with Gasteiger partial charge >= 0.3 is 0 Å². The number of amides is 1. The number of hydrogen-bond acceptors (Lipinski definition) is 4. The average Bonchev–Trinajstić information content (AvgIpc) is 2.61. The van der Waals surface area contributed by atoms with Crippen LogP contribution in [0.3, 0.4) is 0 Å². The number of ether oxygens (including phenoxy) is 1. The van der Waals surface area contributed by atoms with Gasteiger partial charge in [0.2, 0.25) is 5.91 Å². The zero-order chi connectivity index (χ0) is 16.7. The first-order valence-corrected chi connectivity index (χ1v) is 8.56. The average molecular weight is 356 g/mol. The molecule has 0 aliphatic carbocycles. The number of rotatable bonds is 7. The maximum Gasteiger partial charge on any atom is 0.239 e. The maximum atomic E-state index is 12.4. The third kappa shape index (κ3) is 5.96. The molecule has 0 saturated carbocycles. The molecule has 0 bridgehead atoms. The number of carbonyl (C=O) groups is 1. The van der Waals surface area contributed by atoms with Gasteiger partial charge in [0.1, 0.15) is 12.4 Å². The van der Waals surface area contributed by atoms with E-state index in [2.05, 4.69) is 11.8 Å². The Morgan fingerprint density at radius 3 is 2.42 bits per heavy atom. The number of nitrogens with zero attached hydrogens (tertiary/aromatic N) is 2. The molecule has 0 spiro atoms. The minimum atomic E-state index is -0.368. The molecule has 1 aromatic carbocycles. The van der Waals surface area contributed by atoms with Crippen molar-refractivity contribution in [3.63, 3.8) is 0 Å². The van der Waals surface area contributed by atoms with Gasteiger partial charge in [-0.2, -0.15) is 0 Å². The highest BCUT2D eigenvalue weighted by Gasteiger charge is 2.27. The number of piperazine rings is 1. The minimum absolute atomic E-state index is 0. The van der Waals surface area contributed by atoms with E-state index >= 15 is 0 Å². The summed E-state index contributed by atoms with van der Waals surface area (Å²) < 4.78 is 5.73. The van der Waals surface area contributed by atoms with Crippen LogP contribution in [0.4, 0.5) is 0 Å². The number of nitrogens with two attached hydrogens (primary N) is 1. The second-order valence-corrected chi connectivity index (χ2v) is 6.24. The van der Waals surface area contributed by atoms with Gasteiger partial charge in [-0.25, -0.2) is 0 Å². The molecule has 0 radical (unpaired) electrons. The third-order valence-corrected chi connectivity index (χ3v) is 4.65. The minimum Gasteiger partial charge on any atom is -0.492 e. The number of para-hydroxylation sites is 1. The summed E-state index contributed by atoms with van der Waals surface area (Å²) in [7, 11) is 0. The molecule has 1 heterocycles. The molecule has 1 amide bonds. The van der Waals surface area contributed by atoms with Gasteiger partial charge in [0.25, 0.3) is 0 Å². The molecule has 136 valence electrons. The first-order valence-electron chi connectivity index (χ1n) is 8.56. The third-order valence-electron chi connectivity index (χ3n) is 4.65. The topological polar surface area (TPSA) is 58.8 Å². The van der Waals surface area contributed by atoms with Crippen LogP contribution in [0, 0.1) is 5.92 Å². The molecule has 1 aliphatic heterocycles. The van der Waals surface area contributed by atoms with E-state index in [0.29, 0.717) is 6.61 Å². The fourth-order valence-corrected chi connectivity index (χ4v) is 2.71. The highest BCUT2D eigenvalue weighted by molar-refractivity contribution is 5.85. The fraction of sp³-hybridized carbons (Fsp3) is 0.611. The number of hydrogen-bond donors (Lipinski definition) is 1. The molecule has 1 saturated heterocycles. The normalized spacial score (nSPS) is 17.7. The smallest absolute Gasteiger partial charge is 0.239 e. The van der Waals surface area contributed by atoms with E-state index in [9.17, 15) is 4.79 Å². The van der Waals surface area contributed by atoms with Gasteiger partial charge in [-0.05, 0) is 18.1 Å². The van der Waals surface area contributed by atoms with Crippen molar-refractivity contribution >= 4 is 18.3 Å². The fourth-order valence-electron chi connectivity index (χ4n) is 2.71. The molecule has 1 fully saturated rings. The molecule has 2 atom stereocenters. The highest BCUT2D eigenvalue weighted by atomic mass is 35.5. The van der Waals surface area contributed by atoms with Gasteiger partial charge in [-0.1, -0.05) is 38.5 Å². The van der Waals surface area contributed by atoms with E-state index in [1.54, 1.807) is 0 Å². The molecular weight excluding hydrogens is 326 g/mol. The van der Waals surface area contributed by atoms with Crippen molar-refractivity contribution in [1.82, 2.24) is 9.80 Å². The maximum absolute atomic E-state index is 12.4. The van der Waals surface area contributed by atoms with Crippen molar-refractivity contribution in [1.29, 1.82) is 0 Å². The van der Waals surface area contributed by atoms with Crippen LogP contribution in [0.25, 0.3) is 0 Å². The monoisotopic (exact) mass is 355 g/mol. The molecule has 1 aliphatic rings. The lowest BCUT2D eigenvalue weighted by molar-refractivity contribution is -0.135. The van der Waals surface area contributed by atoms with Crippen LogP contribution in [-0.2, 0) is 4.79 Å². The van der Waals surface area contributed by atoms with Crippen molar-refractivity contribution in [2.75, 3.05) is 39.3 Å². The van der Waals surface area contributed by atoms with Gasteiger partial charge in [0.05, 0.1) is 6.04 Å². The second-order valence-electron chi connectivity index (χ2n) is 6.24.